The summed E-state index contributed by atoms with van der Waals surface area (Å²) in [7, 11) is 0. The minimum Gasteiger partial charge on any atom is -0.379 e. The third kappa shape index (κ3) is 9.70. The molecule has 27 heavy (non-hydrogen) atoms. The van der Waals surface area contributed by atoms with E-state index in [1.165, 1.54) is 0 Å². The van der Waals surface area contributed by atoms with Gasteiger partial charge in [0.15, 0.2) is 5.96 Å². The first-order valence-electron chi connectivity index (χ1n) is 9.88. The molecular formula is C18H36IN7O. The maximum atomic E-state index is 5.40. The highest BCUT2D eigenvalue weighted by molar-refractivity contribution is 14.0. The van der Waals surface area contributed by atoms with E-state index in [9.17, 15) is 0 Å². The first-order chi connectivity index (χ1) is 12.7. The van der Waals surface area contributed by atoms with E-state index < -0.39 is 0 Å². The molecule has 0 aromatic carbocycles. The van der Waals surface area contributed by atoms with Crippen LogP contribution in [0.25, 0.3) is 0 Å². The number of aryl methyl sites for hydroxylation is 1. The number of ether oxygens (including phenoxy) is 1. The summed E-state index contributed by atoms with van der Waals surface area (Å²) in [5.74, 6) is 2.58. The van der Waals surface area contributed by atoms with Gasteiger partial charge in [-0.1, -0.05) is 20.8 Å². The van der Waals surface area contributed by atoms with Crippen LogP contribution in [0.15, 0.2) is 11.3 Å². The topological polar surface area (TPSA) is 79.6 Å². The van der Waals surface area contributed by atoms with E-state index in [-0.39, 0.29) is 24.0 Å². The third-order valence-electron chi connectivity index (χ3n) is 4.46. The number of nitrogens with one attached hydrogen (secondary N) is 2. The van der Waals surface area contributed by atoms with Gasteiger partial charge in [-0.3, -0.25) is 9.89 Å². The van der Waals surface area contributed by atoms with Crippen molar-refractivity contribution in [1.82, 2.24) is 30.3 Å². The van der Waals surface area contributed by atoms with Gasteiger partial charge in [-0.05, 0) is 12.3 Å². The van der Waals surface area contributed by atoms with Crippen molar-refractivity contribution in [2.45, 2.75) is 40.2 Å². The summed E-state index contributed by atoms with van der Waals surface area (Å²) in [6.07, 6.45) is 3.79. The minimum atomic E-state index is 0. The summed E-state index contributed by atoms with van der Waals surface area (Å²) in [5, 5.41) is 15.0. The summed E-state index contributed by atoms with van der Waals surface area (Å²) >= 11 is 0. The molecule has 0 atom stereocenters. The van der Waals surface area contributed by atoms with Crippen LogP contribution in [0.5, 0.6) is 0 Å². The van der Waals surface area contributed by atoms with E-state index in [0.717, 1.165) is 83.7 Å². The van der Waals surface area contributed by atoms with Gasteiger partial charge in [-0.15, -0.1) is 34.2 Å². The minimum absolute atomic E-state index is 0. The molecule has 1 aromatic rings. The number of hydrogen-bond acceptors (Lipinski definition) is 5. The van der Waals surface area contributed by atoms with Gasteiger partial charge in [-0.25, -0.2) is 0 Å². The molecule has 9 heteroatoms. The average Bonchev–Trinajstić information content (AvgIpc) is 3.09. The van der Waals surface area contributed by atoms with Crippen LogP contribution in [0.3, 0.4) is 0 Å². The van der Waals surface area contributed by atoms with Gasteiger partial charge in [0, 0.05) is 52.2 Å². The van der Waals surface area contributed by atoms with Crippen molar-refractivity contribution in [3.63, 3.8) is 0 Å². The second-order valence-corrected chi connectivity index (χ2v) is 7.01. The van der Waals surface area contributed by atoms with Crippen LogP contribution in [0.2, 0.25) is 0 Å². The molecule has 0 saturated carbocycles. The zero-order chi connectivity index (χ0) is 18.6. The lowest BCUT2D eigenvalue weighted by Crippen LogP contribution is -2.45. The van der Waals surface area contributed by atoms with E-state index in [2.05, 4.69) is 51.1 Å². The van der Waals surface area contributed by atoms with Gasteiger partial charge >= 0.3 is 0 Å². The summed E-state index contributed by atoms with van der Waals surface area (Å²) in [4.78, 5) is 7.14. The molecule has 0 spiro atoms. The molecule has 156 valence electrons. The molecule has 0 aliphatic carbocycles. The zero-order valence-electron chi connectivity index (χ0n) is 17.0. The SMILES string of the molecule is CCc1nncn1CCNC(=NCCC(C)C)NCCN1CCOCC1.I. The summed E-state index contributed by atoms with van der Waals surface area (Å²) in [6.45, 7) is 14.7. The summed E-state index contributed by atoms with van der Waals surface area (Å²) in [5.41, 5.74) is 0. The zero-order valence-corrected chi connectivity index (χ0v) is 19.3. The molecule has 1 saturated heterocycles. The number of rotatable bonds is 10. The van der Waals surface area contributed by atoms with Crippen molar-refractivity contribution >= 4 is 29.9 Å². The number of guanidine groups is 1. The Balaban J connectivity index is 0.00000364. The van der Waals surface area contributed by atoms with Crippen LogP contribution in [-0.2, 0) is 17.7 Å². The van der Waals surface area contributed by atoms with E-state index >= 15 is 0 Å². The predicted molar refractivity (Wildman–Crippen MR) is 120 cm³/mol. The fourth-order valence-electron chi connectivity index (χ4n) is 2.80. The smallest absolute Gasteiger partial charge is 0.191 e. The van der Waals surface area contributed by atoms with E-state index in [1.807, 2.05) is 0 Å². The lowest BCUT2D eigenvalue weighted by molar-refractivity contribution is 0.0389. The third-order valence-corrected chi connectivity index (χ3v) is 4.46. The van der Waals surface area contributed by atoms with E-state index in [1.54, 1.807) is 6.33 Å². The van der Waals surface area contributed by atoms with Crippen molar-refractivity contribution < 1.29 is 4.74 Å². The number of hydrogen-bond donors (Lipinski definition) is 2. The van der Waals surface area contributed by atoms with Gasteiger partial charge in [0.2, 0.25) is 0 Å². The van der Waals surface area contributed by atoms with Crippen LogP contribution in [0.4, 0.5) is 0 Å². The molecular weight excluding hydrogens is 457 g/mol. The Morgan fingerprint density at radius 3 is 2.59 bits per heavy atom. The standard InChI is InChI=1S/C18H35N7O.HI/c1-4-17-23-22-15-25(17)10-8-21-18(19-6-5-16(2)3)20-7-9-24-11-13-26-14-12-24;/h15-16H,4-14H2,1-3H3,(H2,19,20,21);1H. The molecule has 1 fully saturated rings. The Bertz CT molecular complexity index is 530. The predicted octanol–water partition coefficient (Wildman–Crippen LogP) is 1.37. The molecule has 1 aliphatic heterocycles. The second kappa shape index (κ2) is 14.1. The molecule has 0 radical (unpaired) electrons. The van der Waals surface area contributed by atoms with Crippen molar-refractivity contribution in [2.75, 3.05) is 52.5 Å². The van der Waals surface area contributed by atoms with Crippen molar-refractivity contribution in [3.05, 3.63) is 12.2 Å². The normalized spacial score (nSPS) is 15.6. The number of aliphatic imine (C=N–C) groups is 1. The van der Waals surface area contributed by atoms with Crippen molar-refractivity contribution in [3.8, 4) is 0 Å². The molecule has 2 rings (SSSR count). The fourth-order valence-corrected chi connectivity index (χ4v) is 2.80. The Labute approximate surface area is 180 Å². The van der Waals surface area contributed by atoms with Crippen molar-refractivity contribution in [1.29, 1.82) is 0 Å². The average molecular weight is 493 g/mol. The highest BCUT2D eigenvalue weighted by atomic mass is 127. The highest BCUT2D eigenvalue weighted by Gasteiger charge is 2.10. The first kappa shape index (κ1) is 24.1. The van der Waals surface area contributed by atoms with Gasteiger partial charge in [0.05, 0.1) is 13.2 Å². The summed E-state index contributed by atoms with van der Waals surface area (Å²) in [6, 6.07) is 0. The van der Waals surface area contributed by atoms with Crippen LogP contribution >= 0.6 is 24.0 Å². The molecule has 2 heterocycles. The van der Waals surface area contributed by atoms with Gasteiger partial charge in [0.25, 0.3) is 0 Å². The monoisotopic (exact) mass is 493 g/mol. The first-order valence-corrected chi connectivity index (χ1v) is 9.88. The van der Waals surface area contributed by atoms with Crippen LogP contribution < -0.4 is 10.6 Å². The quantitative estimate of drug-likeness (QED) is 0.291. The van der Waals surface area contributed by atoms with Crippen LogP contribution in [0, 0.1) is 5.92 Å². The number of morpholine rings is 1. The lowest BCUT2D eigenvalue weighted by Gasteiger charge is -2.26. The Morgan fingerprint density at radius 1 is 1.22 bits per heavy atom. The number of aromatic nitrogens is 3. The molecule has 8 nitrogen and oxygen atoms in total. The highest BCUT2D eigenvalue weighted by Crippen LogP contribution is 1.99. The van der Waals surface area contributed by atoms with Gasteiger partial charge < -0.3 is 19.9 Å². The Morgan fingerprint density at radius 2 is 1.93 bits per heavy atom. The maximum Gasteiger partial charge on any atom is 0.191 e. The molecule has 0 unspecified atom stereocenters. The second-order valence-electron chi connectivity index (χ2n) is 7.01. The van der Waals surface area contributed by atoms with Gasteiger partial charge in [0.1, 0.15) is 12.2 Å². The molecule has 2 N–H and O–H groups in total. The van der Waals surface area contributed by atoms with E-state index in [0.29, 0.717) is 5.92 Å². The molecule has 0 amide bonds. The van der Waals surface area contributed by atoms with Crippen LogP contribution in [-0.4, -0.2) is 78.1 Å². The van der Waals surface area contributed by atoms with Crippen LogP contribution in [0.1, 0.15) is 33.0 Å². The Kier molecular flexibility index (Phi) is 12.6. The fraction of sp³-hybridized carbons (Fsp3) is 0.833. The van der Waals surface area contributed by atoms with E-state index in [4.69, 9.17) is 9.73 Å². The molecule has 1 aliphatic rings. The number of halogens is 1. The van der Waals surface area contributed by atoms with Gasteiger partial charge in [-0.2, -0.15) is 0 Å². The molecule has 1 aromatic heterocycles. The van der Waals surface area contributed by atoms with Crippen molar-refractivity contribution in [2.24, 2.45) is 10.9 Å². The maximum absolute atomic E-state index is 5.40. The lowest BCUT2D eigenvalue weighted by atomic mass is 10.1. The largest absolute Gasteiger partial charge is 0.379 e. The summed E-state index contributed by atoms with van der Waals surface area (Å²) < 4.78 is 7.49. The Hall–Kier alpha value is -0.940. The molecule has 0 bridgehead atoms. The number of nitrogens with zero attached hydrogens (tertiary/aromatic N) is 5.